The van der Waals surface area contributed by atoms with E-state index >= 15 is 0 Å². The molecule has 1 aromatic carbocycles. The van der Waals surface area contributed by atoms with E-state index in [9.17, 15) is 9.59 Å². The molecular weight excluding hydrogens is 382 g/mol. The quantitative estimate of drug-likeness (QED) is 0.615. The van der Waals surface area contributed by atoms with Crippen molar-refractivity contribution >= 4 is 16.8 Å². The number of hydrogen-bond acceptors (Lipinski definition) is 4. The molecule has 1 aliphatic rings. The van der Waals surface area contributed by atoms with Gasteiger partial charge in [0.25, 0.3) is 11.5 Å². The maximum atomic E-state index is 13.1. The zero-order valence-corrected chi connectivity index (χ0v) is 17.1. The Morgan fingerprint density at radius 2 is 2.17 bits per heavy atom. The number of H-pyrrole nitrogens is 1. The fourth-order valence-electron chi connectivity index (χ4n) is 4.04. The van der Waals surface area contributed by atoms with Crippen molar-refractivity contribution in [3.05, 3.63) is 82.4 Å². The zero-order chi connectivity index (χ0) is 21.1. The van der Waals surface area contributed by atoms with Gasteiger partial charge < -0.3 is 24.3 Å². The van der Waals surface area contributed by atoms with E-state index in [1.54, 1.807) is 30.0 Å². The summed E-state index contributed by atoms with van der Waals surface area (Å²) in [6.07, 6.45) is 6.95. The van der Waals surface area contributed by atoms with E-state index in [0.29, 0.717) is 24.2 Å². The molecule has 1 fully saturated rings. The highest BCUT2D eigenvalue weighted by molar-refractivity contribution is 5.95. The molecule has 156 valence electrons. The van der Waals surface area contributed by atoms with Crippen molar-refractivity contribution < 1.29 is 14.3 Å². The van der Waals surface area contributed by atoms with Crippen LogP contribution in [0.3, 0.4) is 0 Å². The van der Waals surface area contributed by atoms with Gasteiger partial charge in [-0.05, 0) is 25.1 Å². The summed E-state index contributed by atoms with van der Waals surface area (Å²) < 4.78 is 13.2. The number of benzene rings is 1. The predicted molar refractivity (Wildman–Crippen MR) is 115 cm³/mol. The van der Waals surface area contributed by atoms with Gasteiger partial charge in [0, 0.05) is 42.6 Å². The predicted octanol–water partition coefficient (Wildman–Crippen LogP) is 2.58. The van der Waals surface area contributed by atoms with Gasteiger partial charge in [-0.25, -0.2) is 0 Å². The van der Waals surface area contributed by atoms with Crippen LogP contribution >= 0.6 is 0 Å². The SMILES string of the molecule is C/C=C/Cn1cc(C2(NC(=O)c3ccccc3)COCC2OC)c2cc[nH]c2c1=O. The highest BCUT2D eigenvalue weighted by Gasteiger charge is 2.49. The average Bonchev–Trinajstić information content (AvgIpc) is 3.42. The Morgan fingerprint density at radius 1 is 1.37 bits per heavy atom. The van der Waals surface area contributed by atoms with Crippen LogP contribution in [-0.2, 0) is 21.6 Å². The van der Waals surface area contributed by atoms with Crippen LogP contribution in [0.4, 0.5) is 0 Å². The Kier molecular flexibility index (Phi) is 5.57. The minimum absolute atomic E-state index is 0.116. The van der Waals surface area contributed by atoms with Gasteiger partial charge in [-0.3, -0.25) is 9.59 Å². The minimum Gasteiger partial charge on any atom is -0.376 e. The number of nitrogens with zero attached hydrogens (tertiary/aromatic N) is 1. The van der Waals surface area contributed by atoms with Gasteiger partial charge in [0.2, 0.25) is 0 Å². The van der Waals surface area contributed by atoms with Crippen molar-refractivity contribution in [3.63, 3.8) is 0 Å². The van der Waals surface area contributed by atoms with Crippen LogP contribution in [0.1, 0.15) is 22.8 Å². The summed E-state index contributed by atoms with van der Waals surface area (Å²) in [5.41, 5.74) is 0.775. The lowest BCUT2D eigenvalue weighted by Crippen LogP contribution is -2.55. The third kappa shape index (κ3) is 3.36. The van der Waals surface area contributed by atoms with Crippen molar-refractivity contribution in [3.8, 4) is 0 Å². The van der Waals surface area contributed by atoms with Crippen LogP contribution in [0.15, 0.2) is 65.7 Å². The molecule has 2 aromatic heterocycles. The van der Waals surface area contributed by atoms with E-state index in [4.69, 9.17) is 9.47 Å². The second-order valence-corrected chi connectivity index (χ2v) is 7.37. The fraction of sp³-hybridized carbons (Fsp3) is 0.304. The first-order valence-electron chi connectivity index (χ1n) is 9.91. The number of methoxy groups -OCH3 is 1. The topological polar surface area (TPSA) is 85.3 Å². The van der Waals surface area contributed by atoms with E-state index in [-0.39, 0.29) is 18.1 Å². The van der Waals surface area contributed by atoms with Gasteiger partial charge in [0.05, 0.1) is 13.2 Å². The van der Waals surface area contributed by atoms with Gasteiger partial charge >= 0.3 is 0 Å². The third-order valence-electron chi connectivity index (χ3n) is 5.62. The third-order valence-corrected chi connectivity index (χ3v) is 5.62. The van der Waals surface area contributed by atoms with E-state index in [1.807, 2.05) is 49.5 Å². The average molecular weight is 407 g/mol. The van der Waals surface area contributed by atoms with Crippen LogP contribution in [0, 0.1) is 0 Å². The maximum absolute atomic E-state index is 13.1. The van der Waals surface area contributed by atoms with Crippen molar-refractivity contribution in [2.24, 2.45) is 0 Å². The summed E-state index contributed by atoms with van der Waals surface area (Å²) in [5.74, 6) is -0.224. The Balaban J connectivity index is 1.89. The van der Waals surface area contributed by atoms with Gasteiger partial charge in [0.15, 0.2) is 0 Å². The maximum Gasteiger partial charge on any atom is 0.275 e. The number of rotatable bonds is 6. The molecule has 3 heterocycles. The first-order valence-corrected chi connectivity index (χ1v) is 9.91. The second kappa shape index (κ2) is 8.30. The Labute approximate surface area is 174 Å². The molecule has 4 rings (SSSR count). The van der Waals surface area contributed by atoms with Gasteiger partial charge in [-0.1, -0.05) is 30.4 Å². The Morgan fingerprint density at radius 3 is 2.90 bits per heavy atom. The van der Waals surface area contributed by atoms with E-state index in [0.717, 1.165) is 10.9 Å². The number of amides is 1. The number of hydrogen-bond donors (Lipinski definition) is 2. The molecule has 7 nitrogen and oxygen atoms in total. The summed E-state index contributed by atoms with van der Waals surface area (Å²) in [6, 6.07) is 10.9. The number of allylic oxidation sites excluding steroid dienone is 2. The zero-order valence-electron chi connectivity index (χ0n) is 17.1. The number of carbonyl (C=O) groups excluding carboxylic acids is 1. The largest absolute Gasteiger partial charge is 0.376 e. The first-order chi connectivity index (χ1) is 14.6. The summed E-state index contributed by atoms with van der Waals surface area (Å²) >= 11 is 0. The van der Waals surface area contributed by atoms with Gasteiger partial charge in [0.1, 0.15) is 17.2 Å². The molecule has 0 aliphatic carbocycles. The Bertz CT molecular complexity index is 1130. The van der Waals surface area contributed by atoms with Crippen molar-refractivity contribution in [1.82, 2.24) is 14.9 Å². The molecule has 2 N–H and O–H groups in total. The number of pyridine rings is 1. The number of ether oxygens (including phenoxy) is 2. The van der Waals surface area contributed by atoms with Crippen LogP contribution in [0.5, 0.6) is 0 Å². The molecule has 1 amide bonds. The van der Waals surface area contributed by atoms with E-state index < -0.39 is 11.6 Å². The molecule has 2 unspecified atom stereocenters. The minimum atomic E-state index is -0.937. The number of aromatic amines is 1. The lowest BCUT2D eigenvalue weighted by molar-refractivity contribution is 0.0407. The summed E-state index contributed by atoms with van der Waals surface area (Å²) in [7, 11) is 1.60. The second-order valence-electron chi connectivity index (χ2n) is 7.37. The molecular formula is C23H25N3O4. The molecule has 30 heavy (non-hydrogen) atoms. The van der Waals surface area contributed by atoms with Crippen LogP contribution < -0.4 is 10.9 Å². The van der Waals surface area contributed by atoms with Crippen molar-refractivity contribution in [2.75, 3.05) is 20.3 Å². The highest BCUT2D eigenvalue weighted by Crippen LogP contribution is 2.36. The number of fused-ring (bicyclic) bond motifs is 1. The summed E-state index contributed by atoms with van der Waals surface area (Å²) in [4.78, 5) is 29.1. The van der Waals surface area contributed by atoms with Crippen molar-refractivity contribution in [1.29, 1.82) is 0 Å². The fourth-order valence-corrected chi connectivity index (χ4v) is 4.04. The molecule has 1 aliphatic heterocycles. The summed E-state index contributed by atoms with van der Waals surface area (Å²) in [6.45, 7) is 2.92. The molecule has 0 bridgehead atoms. The molecule has 3 aromatic rings. The smallest absolute Gasteiger partial charge is 0.275 e. The first kappa shape index (κ1) is 20.1. The highest BCUT2D eigenvalue weighted by atomic mass is 16.5. The number of nitrogens with one attached hydrogen (secondary N) is 2. The molecule has 0 spiro atoms. The standard InChI is InChI=1S/C23H25N3O4/c1-3-4-12-26-13-18(17-10-11-24-20(17)22(26)28)23(15-30-14-19(23)29-2)25-21(27)16-8-6-5-7-9-16/h3-11,13,19,24H,12,14-15H2,1-2H3,(H,25,27)/b4-3+. The lowest BCUT2D eigenvalue weighted by atomic mass is 9.85. The van der Waals surface area contributed by atoms with Gasteiger partial charge in [-0.15, -0.1) is 0 Å². The van der Waals surface area contributed by atoms with Gasteiger partial charge in [-0.2, -0.15) is 0 Å². The molecule has 2 atom stereocenters. The number of aromatic nitrogens is 2. The molecule has 0 saturated carbocycles. The Hall–Kier alpha value is -3.16. The molecule has 7 heteroatoms. The van der Waals surface area contributed by atoms with Crippen LogP contribution in [-0.4, -0.2) is 41.9 Å². The van der Waals surface area contributed by atoms with Crippen LogP contribution in [0.2, 0.25) is 0 Å². The monoisotopic (exact) mass is 407 g/mol. The van der Waals surface area contributed by atoms with E-state index in [2.05, 4.69) is 10.3 Å². The van der Waals surface area contributed by atoms with E-state index in [1.165, 1.54) is 0 Å². The number of carbonyl (C=O) groups is 1. The lowest BCUT2D eigenvalue weighted by Gasteiger charge is -2.35. The normalized spacial score (nSPS) is 21.5. The molecule has 1 saturated heterocycles. The van der Waals surface area contributed by atoms with Crippen molar-refractivity contribution in [2.45, 2.75) is 25.1 Å². The molecule has 0 radical (unpaired) electrons. The van der Waals surface area contributed by atoms with Crippen LogP contribution in [0.25, 0.3) is 10.9 Å². The summed E-state index contributed by atoms with van der Waals surface area (Å²) in [5, 5.41) is 3.92.